The molecule has 0 saturated carbocycles. The van der Waals surface area contributed by atoms with Crippen LogP contribution in [0.3, 0.4) is 0 Å². The van der Waals surface area contributed by atoms with Crippen molar-refractivity contribution in [1.29, 1.82) is 0 Å². The zero-order valence-corrected chi connectivity index (χ0v) is 11.8. The molecule has 1 aromatic rings. The van der Waals surface area contributed by atoms with Gasteiger partial charge in [0.25, 0.3) is 0 Å². The number of rotatable bonds is 3. The summed E-state index contributed by atoms with van der Waals surface area (Å²) in [5.74, 6) is 0.375. The number of piperidine rings is 1. The Morgan fingerprint density at radius 3 is 2.32 bits per heavy atom. The zero-order valence-electron chi connectivity index (χ0n) is 11.0. The van der Waals surface area contributed by atoms with Crippen molar-refractivity contribution < 1.29 is 13.5 Å². The monoisotopic (exact) mass is 286 g/mol. The van der Waals surface area contributed by atoms with Gasteiger partial charge in [-0.3, -0.25) is 0 Å². The third-order valence-electron chi connectivity index (χ3n) is 3.29. The lowest BCUT2D eigenvalue weighted by Gasteiger charge is -2.34. The van der Waals surface area contributed by atoms with Gasteiger partial charge in [-0.2, -0.15) is 4.31 Å². The van der Waals surface area contributed by atoms with Gasteiger partial charge < -0.3 is 10.4 Å². The molecule has 0 atom stereocenters. The van der Waals surface area contributed by atoms with Crippen LogP contribution in [-0.4, -0.2) is 53.5 Å². The maximum Gasteiger partial charge on any atom is 0.246 e. The van der Waals surface area contributed by atoms with Gasteiger partial charge in [-0.05, 0) is 19.8 Å². The quantitative estimate of drug-likeness (QED) is 0.815. The van der Waals surface area contributed by atoms with Crippen molar-refractivity contribution in [1.82, 2.24) is 14.3 Å². The highest BCUT2D eigenvalue weighted by Crippen LogP contribution is 2.25. The van der Waals surface area contributed by atoms with Crippen LogP contribution in [0.1, 0.15) is 19.8 Å². The van der Waals surface area contributed by atoms with Crippen molar-refractivity contribution in [3.8, 4) is 0 Å². The SMILES string of the molecule is CNc1ncc(S(=O)(=O)N2CCC(C)(O)CC2)cn1. The van der Waals surface area contributed by atoms with Crippen molar-refractivity contribution in [2.24, 2.45) is 0 Å². The Hall–Kier alpha value is -1.25. The summed E-state index contributed by atoms with van der Waals surface area (Å²) in [7, 11) is -1.90. The Labute approximate surface area is 112 Å². The van der Waals surface area contributed by atoms with E-state index in [0.717, 1.165) is 0 Å². The van der Waals surface area contributed by atoms with Gasteiger partial charge in [0.15, 0.2) is 0 Å². The number of nitrogens with one attached hydrogen (secondary N) is 1. The molecule has 1 aliphatic heterocycles. The van der Waals surface area contributed by atoms with Gasteiger partial charge in [0.2, 0.25) is 16.0 Å². The predicted octanol–water partition coefficient (Wildman–Crippen LogP) is 0.0538. The number of hydrogen-bond donors (Lipinski definition) is 2. The molecular weight excluding hydrogens is 268 g/mol. The number of aromatic nitrogens is 2. The van der Waals surface area contributed by atoms with Gasteiger partial charge in [0, 0.05) is 20.1 Å². The maximum atomic E-state index is 12.3. The van der Waals surface area contributed by atoms with Crippen LogP contribution in [0.2, 0.25) is 0 Å². The van der Waals surface area contributed by atoms with Crippen molar-refractivity contribution in [3.63, 3.8) is 0 Å². The second-order valence-electron chi connectivity index (χ2n) is 4.89. The van der Waals surface area contributed by atoms with E-state index in [9.17, 15) is 13.5 Å². The van der Waals surface area contributed by atoms with E-state index < -0.39 is 15.6 Å². The Morgan fingerprint density at radius 2 is 1.84 bits per heavy atom. The molecule has 106 valence electrons. The average Bonchev–Trinajstić information content (AvgIpc) is 2.38. The summed E-state index contributed by atoms with van der Waals surface area (Å²) in [6, 6.07) is 0. The summed E-state index contributed by atoms with van der Waals surface area (Å²) in [5, 5.41) is 12.6. The van der Waals surface area contributed by atoms with E-state index in [1.165, 1.54) is 16.7 Å². The molecule has 1 aromatic heterocycles. The fourth-order valence-corrected chi connectivity index (χ4v) is 3.27. The molecule has 0 radical (unpaired) electrons. The number of nitrogens with zero attached hydrogens (tertiary/aromatic N) is 3. The van der Waals surface area contributed by atoms with E-state index in [1.807, 2.05) is 0 Å². The first-order valence-corrected chi connectivity index (χ1v) is 7.51. The minimum Gasteiger partial charge on any atom is -0.390 e. The lowest BCUT2D eigenvalue weighted by atomic mass is 9.95. The summed E-state index contributed by atoms with van der Waals surface area (Å²) >= 11 is 0. The van der Waals surface area contributed by atoms with Gasteiger partial charge in [0.1, 0.15) is 4.90 Å². The molecule has 7 nitrogen and oxygen atoms in total. The van der Waals surface area contributed by atoms with E-state index in [-0.39, 0.29) is 4.90 Å². The molecule has 0 aromatic carbocycles. The van der Waals surface area contributed by atoms with Crippen molar-refractivity contribution in [2.45, 2.75) is 30.3 Å². The minimum atomic E-state index is -3.57. The van der Waals surface area contributed by atoms with Gasteiger partial charge in [-0.25, -0.2) is 18.4 Å². The summed E-state index contributed by atoms with van der Waals surface area (Å²) in [6.07, 6.45) is 3.45. The number of sulfonamides is 1. The van der Waals surface area contributed by atoms with E-state index in [0.29, 0.717) is 31.9 Å². The molecule has 1 fully saturated rings. The summed E-state index contributed by atoms with van der Waals surface area (Å²) in [5.41, 5.74) is -0.779. The molecule has 1 aliphatic rings. The van der Waals surface area contributed by atoms with Crippen LogP contribution in [0, 0.1) is 0 Å². The van der Waals surface area contributed by atoms with E-state index in [1.54, 1.807) is 14.0 Å². The van der Waals surface area contributed by atoms with E-state index in [2.05, 4.69) is 15.3 Å². The van der Waals surface area contributed by atoms with Crippen molar-refractivity contribution >= 4 is 16.0 Å². The van der Waals surface area contributed by atoms with Crippen LogP contribution in [-0.2, 0) is 10.0 Å². The van der Waals surface area contributed by atoms with Crippen LogP contribution in [0.25, 0.3) is 0 Å². The molecular formula is C11H18N4O3S. The molecule has 2 N–H and O–H groups in total. The lowest BCUT2D eigenvalue weighted by Crippen LogP contribution is -2.45. The summed E-state index contributed by atoms with van der Waals surface area (Å²) in [4.78, 5) is 7.90. The predicted molar refractivity (Wildman–Crippen MR) is 70.2 cm³/mol. The first kappa shape index (κ1) is 14.2. The average molecular weight is 286 g/mol. The first-order chi connectivity index (χ1) is 8.85. The fourth-order valence-electron chi connectivity index (χ4n) is 1.94. The van der Waals surface area contributed by atoms with Gasteiger partial charge >= 0.3 is 0 Å². The van der Waals surface area contributed by atoms with Crippen molar-refractivity contribution in [2.75, 3.05) is 25.5 Å². The standard InChI is InChI=1S/C11H18N4O3S/c1-11(16)3-5-15(6-4-11)19(17,18)9-7-13-10(12-2)14-8-9/h7-8,16H,3-6H2,1-2H3,(H,12,13,14). The fraction of sp³-hybridized carbons (Fsp3) is 0.636. The van der Waals surface area contributed by atoms with Crippen LogP contribution in [0.5, 0.6) is 0 Å². The van der Waals surface area contributed by atoms with Gasteiger partial charge in [-0.1, -0.05) is 0 Å². The Bertz CT molecular complexity index is 532. The number of aliphatic hydroxyl groups is 1. The molecule has 0 unspecified atom stereocenters. The normalized spacial score (nSPS) is 20.2. The van der Waals surface area contributed by atoms with Gasteiger partial charge in [0.05, 0.1) is 18.0 Å². The van der Waals surface area contributed by atoms with Crippen LogP contribution in [0.4, 0.5) is 5.95 Å². The van der Waals surface area contributed by atoms with E-state index in [4.69, 9.17) is 0 Å². The Kier molecular flexibility index (Phi) is 3.75. The Morgan fingerprint density at radius 1 is 1.32 bits per heavy atom. The zero-order chi connectivity index (χ0) is 14.1. The topological polar surface area (TPSA) is 95.4 Å². The largest absolute Gasteiger partial charge is 0.390 e. The molecule has 0 aliphatic carbocycles. The van der Waals surface area contributed by atoms with Crippen LogP contribution in [0.15, 0.2) is 17.3 Å². The molecule has 2 rings (SSSR count). The summed E-state index contributed by atoms with van der Waals surface area (Å²) < 4.78 is 26.0. The third kappa shape index (κ3) is 3.02. The van der Waals surface area contributed by atoms with Crippen molar-refractivity contribution in [3.05, 3.63) is 12.4 Å². The molecule has 0 bridgehead atoms. The number of anilines is 1. The molecule has 0 amide bonds. The highest BCUT2D eigenvalue weighted by molar-refractivity contribution is 7.89. The third-order valence-corrected chi connectivity index (χ3v) is 5.14. The molecule has 0 spiro atoms. The summed E-state index contributed by atoms with van der Waals surface area (Å²) in [6.45, 7) is 2.34. The minimum absolute atomic E-state index is 0.0769. The molecule has 19 heavy (non-hydrogen) atoms. The van der Waals surface area contributed by atoms with Crippen LogP contribution >= 0.6 is 0 Å². The smallest absolute Gasteiger partial charge is 0.246 e. The highest BCUT2D eigenvalue weighted by Gasteiger charge is 2.34. The highest BCUT2D eigenvalue weighted by atomic mass is 32.2. The van der Waals surface area contributed by atoms with Gasteiger partial charge in [-0.15, -0.1) is 0 Å². The number of hydrogen-bond acceptors (Lipinski definition) is 6. The van der Waals surface area contributed by atoms with E-state index >= 15 is 0 Å². The molecule has 8 heteroatoms. The molecule has 1 saturated heterocycles. The second kappa shape index (κ2) is 5.03. The molecule has 2 heterocycles. The second-order valence-corrected chi connectivity index (χ2v) is 6.83. The Balaban J connectivity index is 2.18. The first-order valence-electron chi connectivity index (χ1n) is 6.07. The maximum absolute atomic E-state index is 12.3. The van der Waals surface area contributed by atoms with Crippen LogP contribution < -0.4 is 5.32 Å². The lowest BCUT2D eigenvalue weighted by molar-refractivity contribution is 0.0126.